The molecule has 10 heavy (non-hydrogen) atoms. The van der Waals surface area contributed by atoms with E-state index in [1.54, 1.807) is 0 Å². The Hall–Kier alpha value is 0.190. The first-order valence-electron chi connectivity index (χ1n) is 3.86. The van der Waals surface area contributed by atoms with Crippen molar-refractivity contribution in [2.24, 2.45) is 0 Å². The maximum absolute atomic E-state index is 11.2. The Morgan fingerprint density at radius 3 is 2.60 bits per heavy atom. The number of hydrogen-bond donors (Lipinski definition) is 1. The van der Waals surface area contributed by atoms with Gasteiger partial charge in [-0.2, -0.15) is 0 Å². The molecule has 0 saturated heterocycles. The van der Waals surface area contributed by atoms with Gasteiger partial charge in [0.05, 0.1) is 7.80 Å². The third-order valence-corrected chi connectivity index (χ3v) is 4.10. The maximum atomic E-state index is 11.2. The van der Waals surface area contributed by atoms with Crippen LogP contribution in [0.1, 0.15) is 26.7 Å². The Bertz CT molecular complexity index is 104. The molecule has 0 bridgehead atoms. The molecule has 0 spiro atoms. The van der Waals surface area contributed by atoms with Gasteiger partial charge in [0.2, 0.25) is 0 Å². The lowest BCUT2D eigenvalue weighted by Crippen LogP contribution is -1.96. The van der Waals surface area contributed by atoms with Crippen LogP contribution in [0.3, 0.4) is 0 Å². The summed E-state index contributed by atoms with van der Waals surface area (Å²) in [6.07, 6.45) is 2.40. The molecule has 2 nitrogen and oxygen atoms in total. The van der Waals surface area contributed by atoms with Gasteiger partial charge >= 0.3 is 0 Å². The van der Waals surface area contributed by atoms with Crippen molar-refractivity contribution in [3.8, 4) is 0 Å². The van der Waals surface area contributed by atoms with Gasteiger partial charge in [0.15, 0.2) is 0 Å². The third kappa shape index (κ3) is 4.08. The molecule has 0 saturated carbocycles. The second-order valence-electron chi connectivity index (χ2n) is 2.60. The number of rotatable bonds is 5. The summed E-state index contributed by atoms with van der Waals surface area (Å²) < 4.78 is 11.2. The third-order valence-electron chi connectivity index (χ3n) is 1.74. The van der Waals surface area contributed by atoms with Crippen LogP contribution in [0, 0.1) is 0 Å². The van der Waals surface area contributed by atoms with Crippen LogP contribution in [-0.2, 0) is 4.57 Å². The topological polar surface area (TPSA) is 37.3 Å². The van der Waals surface area contributed by atoms with E-state index in [0.29, 0.717) is 12.1 Å². The highest BCUT2D eigenvalue weighted by Crippen LogP contribution is 2.30. The van der Waals surface area contributed by atoms with Crippen molar-refractivity contribution in [2.45, 2.75) is 32.3 Å². The fourth-order valence-electron chi connectivity index (χ4n) is 0.727. The first kappa shape index (κ1) is 10.2. The fourth-order valence-corrected chi connectivity index (χ4v) is 2.18. The summed E-state index contributed by atoms with van der Waals surface area (Å²) in [5.41, 5.74) is 0.358. The van der Waals surface area contributed by atoms with E-state index in [1.807, 2.05) is 13.8 Å². The zero-order chi connectivity index (χ0) is 7.98. The molecular formula is C7H17O2P. The van der Waals surface area contributed by atoms with Gasteiger partial charge in [-0.3, -0.25) is 0 Å². The summed E-state index contributed by atoms with van der Waals surface area (Å²) in [4.78, 5) is 0. The molecule has 2 atom stereocenters. The molecule has 0 rings (SSSR count). The summed E-state index contributed by atoms with van der Waals surface area (Å²) in [6.45, 7) is 4.23. The van der Waals surface area contributed by atoms with Crippen molar-refractivity contribution in [1.82, 2.24) is 0 Å². The smallest absolute Gasteiger partial charge is 0.0789 e. The van der Waals surface area contributed by atoms with Crippen LogP contribution in [0.25, 0.3) is 0 Å². The van der Waals surface area contributed by atoms with Gasteiger partial charge in [0, 0.05) is 18.4 Å². The van der Waals surface area contributed by atoms with Crippen molar-refractivity contribution in [3.63, 3.8) is 0 Å². The van der Waals surface area contributed by atoms with Crippen LogP contribution in [-0.4, -0.2) is 23.5 Å². The lowest BCUT2D eigenvalue weighted by Gasteiger charge is -2.06. The van der Waals surface area contributed by atoms with Crippen molar-refractivity contribution in [2.75, 3.05) is 12.8 Å². The Balaban J connectivity index is 3.42. The van der Waals surface area contributed by atoms with Crippen molar-refractivity contribution >= 4 is 7.80 Å². The van der Waals surface area contributed by atoms with E-state index in [1.165, 1.54) is 0 Å². The van der Waals surface area contributed by atoms with Gasteiger partial charge in [-0.05, 0) is 12.8 Å². The normalized spacial score (nSPS) is 16.7. The lowest BCUT2D eigenvalue weighted by molar-refractivity contribution is 0.295. The molecule has 0 radical (unpaired) electrons. The summed E-state index contributed by atoms with van der Waals surface area (Å²) >= 11 is 0. The number of hydrogen-bond acceptors (Lipinski definition) is 2. The lowest BCUT2D eigenvalue weighted by atomic mass is 10.4. The molecule has 0 aromatic carbocycles. The molecule has 2 unspecified atom stereocenters. The first-order valence-corrected chi connectivity index (χ1v) is 5.55. The van der Waals surface area contributed by atoms with E-state index < -0.39 is 7.80 Å². The Morgan fingerprint density at radius 2 is 2.20 bits per heavy atom. The van der Waals surface area contributed by atoms with Crippen molar-refractivity contribution in [3.05, 3.63) is 0 Å². The largest absolute Gasteiger partial charge is 0.396 e. The van der Waals surface area contributed by atoms with Crippen LogP contribution >= 0.6 is 7.80 Å². The minimum Gasteiger partial charge on any atom is -0.396 e. The van der Waals surface area contributed by atoms with Crippen molar-refractivity contribution in [1.29, 1.82) is 0 Å². The molecule has 0 fully saturated rings. The van der Waals surface area contributed by atoms with Gasteiger partial charge in [-0.1, -0.05) is 13.8 Å². The average Bonchev–Trinajstić information content (AvgIpc) is 1.98. The van der Waals surface area contributed by atoms with Crippen LogP contribution in [0.4, 0.5) is 0 Å². The predicted molar refractivity (Wildman–Crippen MR) is 45.3 cm³/mol. The van der Waals surface area contributed by atoms with Crippen molar-refractivity contribution < 1.29 is 9.67 Å². The van der Waals surface area contributed by atoms with E-state index in [4.69, 9.17) is 5.11 Å². The molecule has 1 N–H and O–H groups in total. The molecule has 0 aromatic rings. The van der Waals surface area contributed by atoms with Gasteiger partial charge in [0.1, 0.15) is 0 Å². The minimum atomic E-state index is -1.39. The van der Waals surface area contributed by atoms with Crippen LogP contribution in [0.5, 0.6) is 0 Å². The van der Waals surface area contributed by atoms with Gasteiger partial charge in [0.25, 0.3) is 0 Å². The molecule has 3 heteroatoms. The molecule has 62 valence electrons. The average molecular weight is 164 g/mol. The summed E-state index contributed by atoms with van der Waals surface area (Å²) in [6, 6.07) is 0. The number of aliphatic hydroxyl groups is 1. The Labute approximate surface area is 63.4 Å². The second-order valence-corrected chi connectivity index (χ2v) is 5.02. The standard InChI is InChI=1S/C7H17O2P/c1-3-7(2)10(9)6-4-5-8/h7-8,10H,3-6H2,1-2H3. The highest BCUT2D eigenvalue weighted by molar-refractivity contribution is 7.45. The highest BCUT2D eigenvalue weighted by Gasteiger charge is 2.06. The van der Waals surface area contributed by atoms with E-state index in [9.17, 15) is 4.57 Å². The molecule has 0 heterocycles. The molecule has 0 aliphatic carbocycles. The number of aliphatic hydroxyl groups excluding tert-OH is 1. The zero-order valence-corrected chi connectivity index (χ0v) is 7.76. The summed E-state index contributed by atoms with van der Waals surface area (Å²) in [7, 11) is -1.39. The van der Waals surface area contributed by atoms with E-state index >= 15 is 0 Å². The van der Waals surface area contributed by atoms with E-state index in [2.05, 4.69) is 0 Å². The predicted octanol–water partition coefficient (Wildman–Crippen LogP) is 1.73. The van der Waals surface area contributed by atoms with Gasteiger partial charge in [-0.25, -0.2) is 0 Å². The van der Waals surface area contributed by atoms with E-state index in [0.717, 1.165) is 12.6 Å². The monoisotopic (exact) mass is 164 g/mol. The SMILES string of the molecule is CCC(C)[PH](=O)CCCO. The minimum absolute atomic E-state index is 0.173. The maximum Gasteiger partial charge on any atom is 0.0789 e. The van der Waals surface area contributed by atoms with Gasteiger partial charge in [-0.15, -0.1) is 0 Å². The first-order chi connectivity index (χ1) is 4.72. The Morgan fingerprint density at radius 1 is 1.60 bits per heavy atom. The van der Waals surface area contributed by atoms with Crippen LogP contribution in [0.2, 0.25) is 0 Å². The summed E-state index contributed by atoms with van der Waals surface area (Å²) in [5.74, 6) is 0. The zero-order valence-electron chi connectivity index (χ0n) is 6.76. The quantitative estimate of drug-likeness (QED) is 0.628. The molecular weight excluding hydrogens is 147 g/mol. The van der Waals surface area contributed by atoms with E-state index in [-0.39, 0.29) is 6.61 Å². The second kappa shape index (κ2) is 5.94. The molecule has 0 amide bonds. The Kier molecular flexibility index (Phi) is 6.05. The molecule has 0 aromatic heterocycles. The highest BCUT2D eigenvalue weighted by atomic mass is 31.1. The van der Waals surface area contributed by atoms with Gasteiger partial charge < -0.3 is 9.67 Å². The summed E-state index contributed by atoms with van der Waals surface area (Å²) in [5, 5.41) is 8.45. The van der Waals surface area contributed by atoms with Crippen LogP contribution < -0.4 is 0 Å². The van der Waals surface area contributed by atoms with Crippen LogP contribution in [0.15, 0.2) is 0 Å². The molecule has 0 aliphatic rings. The molecule has 0 aliphatic heterocycles. The fraction of sp³-hybridized carbons (Fsp3) is 1.00.